The standard InChI is InChI=1S/C20H18N4O3/c1-10-7-8-15(25)14(9-10)17(16-11(2)21-24-20(16)27)18-12-5-3-4-6-13(12)19(26)23-22-18/h3-9,17,25H,1-2H3,(H,23,26)(H2,21,24,27). The number of aryl methyl sites for hydroxylation is 2. The van der Waals surface area contributed by atoms with E-state index in [0.29, 0.717) is 33.3 Å². The molecule has 0 aliphatic carbocycles. The Hall–Kier alpha value is -3.61. The summed E-state index contributed by atoms with van der Waals surface area (Å²) in [5.74, 6) is -0.593. The van der Waals surface area contributed by atoms with Crippen LogP contribution in [0, 0.1) is 13.8 Å². The Morgan fingerprint density at radius 3 is 2.41 bits per heavy atom. The Kier molecular flexibility index (Phi) is 3.92. The lowest BCUT2D eigenvalue weighted by Crippen LogP contribution is -2.19. The second-order valence-electron chi connectivity index (χ2n) is 6.60. The predicted octanol–water partition coefficient (Wildman–Crippen LogP) is 2.44. The highest BCUT2D eigenvalue weighted by Gasteiger charge is 2.29. The number of nitrogens with zero attached hydrogens (tertiary/aromatic N) is 1. The molecule has 27 heavy (non-hydrogen) atoms. The summed E-state index contributed by atoms with van der Waals surface area (Å²) < 4.78 is 0. The quantitative estimate of drug-likeness (QED) is 0.448. The van der Waals surface area contributed by atoms with Crippen molar-refractivity contribution in [2.24, 2.45) is 0 Å². The van der Waals surface area contributed by atoms with Crippen LogP contribution in [-0.2, 0) is 0 Å². The Balaban J connectivity index is 2.13. The smallest absolute Gasteiger partial charge is 0.272 e. The third kappa shape index (κ3) is 2.73. The van der Waals surface area contributed by atoms with Crippen LogP contribution in [0.5, 0.6) is 5.75 Å². The topological polar surface area (TPSA) is 115 Å². The molecule has 7 nitrogen and oxygen atoms in total. The molecular formula is C20H18N4O3. The van der Waals surface area contributed by atoms with Crippen molar-refractivity contribution in [1.29, 1.82) is 0 Å². The van der Waals surface area contributed by atoms with Crippen molar-refractivity contribution < 1.29 is 5.11 Å². The monoisotopic (exact) mass is 362 g/mol. The molecule has 0 aliphatic heterocycles. The fourth-order valence-corrected chi connectivity index (χ4v) is 3.50. The van der Waals surface area contributed by atoms with Crippen LogP contribution >= 0.6 is 0 Å². The largest absolute Gasteiger partial charge is 0.508 e. The maximum atomic E-state index is 12.6. The zero-order valence-corrected chi connectivity index (χ0v) is 14.8. The lowest BCUT2D eigenvalue weighted by atomic mass is 9.85. The molecular weight excluding hydrogens is 344 g/mol. The lowest BCUT2D eigenvalue weighted by Gasteiger charge is -2.19. The molecule has 4 aromatic rings. The van der Waals surface area contributed by atoms with Crippen molar-refractivity contribution in [3.05, 3.63) is 91.3 Å². The number of rotatable bonds is 3. The first kappa shape index (κ1) is 16.8. The van der Waals surface area contributed by atoms with Crippen LogP contribution < -0.4 is 11.1 Å². The molecule has 0 bridgehead atoms. The highest BCUT2D eigenvalue weighted by Crippen LogP contribution is 2.38. The molecule has 0 radical (unpaired) electrons. The second kappa shape index (κ2) is 6.28. The molecule has 2 heterocycles. The molecule has 4 rings (SSSR count). The Bertz CT molecular complexity index is 1270. The van der Waals surface area contributed by atoms with Gasteiger partial charge in [0, 0.05) is 16.6 Å². The molecule has 1 unspecified atom stereocenters. The number of hydrogen-bond donors (Lipinski definition) is 4. The Labute approximate surface area is 153 Å². The third-order valence-corrected chi connectivity index (χ3v) is 4.79. The number of aromatic hydroxyl groups is 1. The third-order valence-electron chi connectivity index (χ3n) is 4.79. The maximum absolute atomic E-state index is 12.6. The molecule has 7 heteroatoms. The van der Waals surface area contributed by atoms with Gasteiger partial charge in [-0.15, -0.1) is 0 Å². The molecule has 1 atom stereocenters. The highest BCUT2D eigenvalue weighted by atomic mass is 16.3. The summed E-state index contributed by atoms with van der Waals surface area (Å²) in [5.41, 5.74) is 2.47. The molecule has 0 saturated heterocycles. The summed E-state index contributed by atoms with van der Waals surface area (Å²) in [7, 11) is 0. The Morgan fingerprint density at radius 1 is 0.963 bits per heavy atom. The van der Waals surface area contributed by atoms with Crippen LogP contribution in [0.1, 0.15) is 34.0 Å². The zero-order valence-electron chi connectivity index (χ0n) is 14.8. The fourth-order valence-electron chi connectivity index (χ4n) is 3.50. The average Bonchev–Trinajstić information content (AvgIpc) is 2.99. The number of phenols is 1. The van der Waals surface area contributed by atoms with Crippen molar-refractivity contribution in [3.8, 4) is 5.75 Å². The van der Waals surface area contributed by atoms with E-state index in [9.17, 15) is 14.7 Å². The van der Waals surface area contributed by atoms with Crippen molar-refractivity contribution >= 4 is 10.8 Å². The first-order valence-electron chi connectivity index (χ1n) is 8.51. The van der Waals surface area contributed by atoms with Crippen molar-refractivity contribution in [2.45, 2.75) is 19.8 Å². The summed E-state index contributed by atoms with van der Waals surface area (Å²) >= 11 is 0. The lowest BCUT2D eigenvalue weighted by molar-refractivity contribution is 0.466. The predicted molar refractivity (Wildman–Crippen MR) is 102 cm³/mol. The molecule has 0 spiro atoms. The minimum Gasteiger partial charge on any atom is -0.508 e. The normalized spacial score (nSPS) is 12.4. The average molecular weight is 362 g/mol. The first-order chi connectivity index (χ1) is 13.0. The summed E-state index contributed by atoms with van der Waals surface area (Å²) in [6.07, 6.45) is 0. The number of hydrogen-bond acceptors (Lipinski definition) is 4. The van der Waals surface area contributed by atoms with Crippen molar-refractivity contribution in [1.82, 2.24) is 20.4 Å². The van der Waals surface area contributed by atoms with Gasteiger partial charge < -0.3 is 10.2 Å². The SMILES string of the molecule is Cc1ccc(O)c(C(c2c(C)[nH][nH]c2=O)c2n[nH]c(=O)c3ccccc23)c1. The molecule has 136 valence electrons. The molecule has 0 saturated carbocycles. The molecule has 0 amide bonds. The second-order valence-corrected chi connectivity index (χ2v) is 6.60. The molecule has 2 aromatic carbocycles. The van der Waals surface area contributed by atoms with E-state index in [4.69, 9.17) is 0 Å². The van der Waals surface area contributed by atoms with Crippen molar-refractivity contribution in [3.63, 3.8) is 0 Å². The van der Waals surface area contributed by atoms with E-state index < -0.39 is 5.92 Å². The van der Waals surface area contributed by atoms with Gasteiger partial charge in [0.1, 0.15) is 5.75 Å². The summed E-state index contributed by atoms with van der Waals surface area (Å²) in [6.45, 7) is 3.69. The first-order valence-corrected chi connectivity index (χ1v) is 8.51. The molecule has 4 N–H and O–H groups in total. The van der Waals surface area contributed by atoms with Crippen LogP contribution in [-0.4, -0.2) is 25.5 Å². The van der Waals surface area contributed by atoms with E-state index in [1.807, 2.05) is 19.1 Å². The molecule has 0 fully saturated rings. The van der Waals surface area contributed by atoms with Gasteiger partial charge in [0.15, 0.2) is 0 Å². The molecule has 2 aromatic heterocycles. The van der Waals surface area contributed by atoms with Gasteiger partial charge in [0.05, 0.1) is 22.6 Å². The van der Waals surface area contributed by atoms with Gasteiger partial charge in [-0.2, -0.15) is 5.10 Å². The van der Waals surface area contributed by atoms with Gasteiger partial charge in [-0.1, -0.05) is 35.9 Å². The van der Waals surface area contributed by atoms with Crippen LogP contribution in [0.4, 0.5) is 0 Å². The minimum atomic E-state index is -0.651. The number of fused-ring (bicyclic) bond motifs is 1. The van der Waals surface area contributed by atoms with Gasteiger partial charge in [0.2, 0.25) is 0 Å². The zero-order chi connectivity index (χ0) is 19.1. The van der Waals surface area contributed by atoms with Gasteiger partial charge in [-0.3, -0.25) is 14.7 Å². The minimum absolute atomic E-state index is 0.0580. The highest BCUT2D eigenvalue weighted by molar-refractivity contribution is 5.85. The maximum Gasteiger partial charge on any atom is 0.272 e. The van der Waals surface area contributed by atoms with E-state index in [1.54, 1.807) is 37.3 Å². The van der Waals surface area contributed by atoms with E-state index in [2.05, 4.69) is 20.4 Å². The summed E-state index contributed by atoms with van der Waals surface area (Å²) in [5, 5.41) is 23.9. The van der Waals surface area contributed by atoms with Crippen LogP contribution in [0.25, 0.3) is 10.8 Å². The fraction of sp³-hybridized carbons (Fsp3) is 0.150. The van der Waals surface area contributed by atoms with Gasteiger partial charge in [0.25, 0.3) is 11.1 Å². The van der Waals surface area contributed by atoms with E-state index >= 15 is 0 Å². The van der Waals surface area contributed by atoms with Crippen LogP contribution in [0.2, 0.25) is 0 Å². The van der Waals surface area contributed by atoms with Gasteiger partial charge >= 0.3 is 0 Å². The van der Waals surface area contributed by atoms with E-state index in [1.165, 1.54) is 0 Å². The Morgan fingerprint density at radius 2 is 1.70 bits per heavy atom. The number of phenolic OH excluding ortho intramolecular Hbond substituents is 1. The van der Waals surface area contributed by atoms with E-state index in [0.717, 1.165) is 5.56 Å². The summed E-state index contributed by atoms with van der Waals surface area (Å²) in [6, 6.07) is 12.3. The number of H-pyrrole nitrogens is 3. The molecule has 0 aliphatic rings. The number of benzene rings is 2. The van der Waals surface area contributed by atoms with Gasteiger partial charge in [-0.25, -0.2) is 5.10 Å². The van der Waals surface area contributed by atoms with Crippen molar-refractivity contribution in [2.75, 3.05) is 0 Å². The summed E-state index contributed by atoms with van der Waals surface area (Å²) in [4.78, 5) is 24.7. The number of aromatic nitrogens is 4. The van der Waals surface area contributed by atoms with Crippen LogP contribution in [0.3, 0.4) is 0 Å². The number of nitrogens with one attached hydrogen (secondary N) is 3. The van der Waals surface area contributed by atoms with Gasteiger partial charge in [-0.05, 0) is 26.0 Å². The number of aromatic amines is 3. The van der Waals surface area contributed by atoms with Crippen LogP contribution in [0.15, 0.2) is 52.1 Å². The van der Waals surface area contributed by atoms with E-state index in [-0.39, 0.29) is 16.9 Å².